The molecule has 0 fully saturated rings. The van der Waals surface area contributed by atoms with E-state index < -0.39 is 0 Å². The fourth-order valence-electron chi connectivity index (χ4n) is 2.49. The molecule has 0 heterocycles. The second-order valence-electron chi connectivity index (χ2n) is 4.36. The van der Waals surface area contributed by atoms with E-state index in [0.717, 1.165) is 31.2 Å². The van der Waals surface area contributed by atoms with Crippen LogP contribution in [0.15, 0.2) is 6.07 Å². The minimum Gasteiger partial charge on any atom is -0.507 e. The zero-order valence-corrected chi connectivity index (χ0v) is 10.8. The number of fused-ring (bicyclic) bond motifs is 1. The Morgan fingerprint density at radius 2 is 2.06 bits per heavy atom. The van der Waals surface area contributed by atoms with Crippen LogP contribution in [0.3, 0.4) is 0 Å². The monoisotopic (exact) mass is 255 g/mol. The second kappa shape index (κ2) is 5.52. The van der Waals surface area contributed by atoms with Crippen LogP contribution in [0.25, 0.3) is 0 Å². The van der Waals surface area contributed by atoms with Crippen LogP contribution in [0.5, 0.6) is 5.75 Å². The van der Waals surface area contributed by atoms with Gasteiger partial charge in [-0.1, -0.05) is 6.07 Å². The molecule has 1 aromatic rings. The summed E-state index contributed by atoms with van der Waals surface area (Å²) in [5.74, 6) is 0.0293. The first kappa shape index (κ1) is 14.0. The number of rotatable bonds is 2. The number of aryl methyl sites for hydroxylation is 1. The van der Waals surface area contributed by atoms with Crippen molar-refractivity contribution < 1.29 is 9.90 Å². The highest BCUT2D eigenvalue weighted by atomic mass is 35.5. The number of aromatic hydroxyl groups is 1. The number of carbonyl (C=O) groups excluding carboxylic acids is 1. The Bertz CT molecular complexity index is 444. The lowest BCUT2D eigenvalue weighted by Crippen LogP contribution is -2.12. The number of phenols is 1. The summed E-state index contributed by atoms with van der Waals surface area (Å²) < 4.78 is 0. The molecule has 0 atom stereocenters. The number of halogens is 1. The molecule has 0 saturated carbocycles. The number of ketones is 1. The molecule has 1 aromatic carbocycles. The maximum atomic E-state index is 11.6. The van der Waals surface area contributed by atoms with Crippen LogP contribution in [-0.2, 0) is 19.4 Å². The smallest absolute Gasteiger partial charge is 0.163 e. The zero-order chi connectivity index (χ0) is 11.7. The van der Waals surface area contributed by atoms with Gasteiger partial charge >= 0.3 is 0 Å². The summed E-state index contributed by atoms with van der Waals surface area (Å²) in [5.41, 5.74) is 8.99. The average molecular weight is 256 g/mol. The lowest BCUT2D eigenvalue weighted by molar-refractivity contribution is 0.101. The summed E-state index contributed by atoms with van der Waals surface area (Å²) in [5, 5.41) is 10.0. The summed E-state index contributed by atoms with van der Waals surface area (Å²) in [7, 11) is 0. The molecule has 0 spiro atoms. The van der Waals surface area contributed by atoms with Gasteiger partial charge in [-0.15, -0.1) is 12.4 Å². The van der Waals surface area contributed by atoms with Crippen molar-refractivity contribution in [1.82, 2.24) is 0 Å². The fourth-order valence-corrected chi connectivity index (χ4v) is 2.49. The van der Waals surface area contributed by atoms with E-state index in [2.05, 4.69) is 0 Å². The lowest BCUT2D eigenvalue weighted by atomic mass is 9.85. The molecular weight excluding hydrogens is 238 g/mol. The highest BCUT2D eigenvalue weighted by Gasteiger charge is 2.21. The van der Waals surface area contributed by atoms with Gasteiger partial charge in [-0.3, -0.25) is 4.79 Å². The predicted molar refractivity (Wildman–Crippen MR) is 69.9 cm³/mol. The number of nitrogens with two attached hydrogens (primary N) is 1. The molecule has 0 bridgehead atoms. The van der Waals surface area contributed by atoms with Crippen molar-refractivity contribution in [3.63, 3.8) is 0 Å². The van der Waals surface area contributed by atoms with E-state index in [1.807, 2.05) is 6.07 Å². The van der Waals surface area contributed by atoms with Gasteiger partial charge < -0.3 is 10.8 Å². The molecule has 3 N–H and O–H groups in total. The first-order valence-corrected chi connectivity index (χ1v) is 5.72. The quantitative estimate of drug-likeness (QED) is 0.798. The van der Waals surface area contributed by atoms with Crippen molar-refractivity contribution in [3.05, 3.63) is 28.3 Å². The van der Waals surface area contributed by atoms with E-state index in [4.69, 9.17) is 5.73 Å². The van der Waals surface area contributed by atoms with Crippen LogP contribution in [0.1, 0.15) is 46.8 Å². The molecule has 17 heavy (non-hydrogen) atoms. The van der Waals surface area contributed by atoms with Crippen molar-refractivity contribution in [2.45, 2.75) is 39.2 Å². The van der Waals surface area contributed by atoms with Crippen LogP contribution in [0, 0.1) is 0 Å². The van der Waals surface area contributed by atoms with Crippen LogP contribution < -0.4 is 5.73 Å². The van der Waals surface area contributed by atoms with Crippen LogP contribution >= 0.6 is 12.4 Å². The molecule has 94 valence electrons. The Kier molecular flexibility index (Phi) is 4.54. The number of Topliss-reactive ketones (excluding diaryl/α,β-unsaturated/α-hetero) is 1. The summed E-state index contributed by atoms with van der Waals surface area (Å²) in [6.45, 7) is 1.78. The topological polar surface area (TPSA) is 63.3 Å². The van der Waals surface area contributed by atoms with Gasteiger partial charge in [-0.2, -0.15) is 0 Å². The molecule has 3 nitrogen and oxygen atoms in total. The van der Waals surface area contributed by atoms with E-state index in [9.17, 15) is 9.90 Å². The number of carbonyl (C=O) groups is 1. The van der Waals surface area contributed by atoms with Crippen LogP contribution in [0.4, 0.5) is 0 Å². The Morgan fingerprint density at radius 3 is 2.65 bits per heavy atom. The molecule has 0 unspecified atom stereocenters. The number of hydrogen-bond donors (Lipinski definition) is 2. The normalized spacial score (nSPS) is 13.8. The Balaban J connectivity index is 0.00000144. The number of benzene rings is 1. The fraction of sp³-hybridized carbons (Fsp3) is 0.462. The minimum atomic E-state index is -0.0639. The Labute approximate surface area is 107 Å². The third kappa shape index (κ3) is 2.45. The van der Waals surface area contributed by atoms with E-state index >= 15 is 0 Å². The van der Waals surface area contributed by atoms with Crippen molar-refractivity contribution in [3.8, 4) is 5.75 Å². The first-order chi connectivity index (χ1) is 7.65. The minimum absolute atomic E-state index is 0. The molecule has 0 saturated heterocycles. The summed E-state index contributed by atoms with van der Waals surface area (Å²) in [6, 6.07) is 1.95. The van der Waals surface area contributed by atoms with Gasteiger partial charge in [0.15, 0.2) is 5.78 Å². The Hall–Kier alpha value is -1.06. The molecule has 4 heteroatoms. The van der Waals surface area contributed by atoms with E-state index in [0.29, 0.717) is 11.1 Å². The second-order valence-corrected chi connectivity index (χ2v) is 4.36. The van der Waals surface area contributed by atoms with Crippen molar-refractivity contribution in [2.24, 2.45) is 5.73 Å². The number of phenolic OH excluding ortho intramolecular Hbond substituents is 1. The van der Waals surface area contributed by atoms with Crippen molar-refractivity contribution in [2.75, 3.05) is 0 Å². The summed E-state index contributed by atoms with van der Waals surface area (Å²) in [6.07, 6.45) is 4.12. The van der Waals surface area contributed by atoms with Gasteiger partial charge in [-0.05, 0) is 43.7 Å². The predicted octanol–water partition coefficient (Wildman–Crippen LogP) is 2.35. The van der Waals surface area contributed by atoms with Gasteiger partial charge in [-0.25, -0.2) is 0 Å². The third-order valence-corrected chi connectivity index (χ3v) is 3.27. The first-order valence-electron chi connectivity index (χ1n) is 5.72. The largest absolute Gasteiger partial charge is 0.507 e. The Morgan fingerprint density at radius 1 is 1.41 bits per heavy atom. The molecule has 0 aromatic heterocycles. The molecule has 0 amide bonds. The maximum absolute atomic E-state index is 11.6. The molecular formula is C13H18ClNO2. The van der Waals surface area contributed by atoms with E-state index in [1.165, 1.54) is 12.5 Å². The van der Waals surface area contributed by atoms with Gasteiger partial charge in [0.05, 0.1) is 5.56 Å². The SMILES string of the molecule is CC(=O)c1c(O)c(CN)cc2c1CCCC2.Cl. The average Bonchev–Trinajstić information content (AvgIpc) is 2.27. The van der Waals surface area contributed by atoms with Gasteiger partial charge in [0, 0.05) is 12.1 Å². The number of hydrogen-bond acceptors (Lipinski definition) is 3. The van der Waals surface area contributed by atoms with E-state index in [1.54, 1.807) is 0 Å². The van der Waals surface area contributed by atoms with E-state index in [-0.39, 0.29) is 30.5 Å². The molecule has 0 aliphatic heterocycles. The van der Waals surface area contributed by atoms with Crippen LogP contribution in [0.2, 0.25) is 0 Å². The lowest BCUT2D eigenvalue weighted by Gasteiger charge is -2.21. The molecule has 1 aliphatic rings. The zero-order valence-electron chi connectivity index (χ0n) is 9.95. The standard InChI is InChI=1S/C13H17NO2.ClH/c1-8(15)12-11-5-3-2-4-9(11)6-10(7-14)13(12)16;/h6,16H,2-5,7,14H2,1H3;1H. The summed E-state index contributed by atoms with van der Waals surface area (Å²) >= 11 is 0. The van der Waals surface area contributed by atoms with Crippen molar-refractivity contribution >= 4 is 18.2 Å². The highest BCUT2D eigenvalue weighted by molar-refractivity contribution is 5.99. The maximum Gasteiger partial charge on any atom is 0.163 e. The van der Waals surface area contributed by atoms with Crippen molar-refractivity contribution in [1.29, 1.82) is 0 Å². The molecule has 2 rings (SSSR count). The van der Waals surface area contributed by atoms with Gasteiger partial charge in [0.1, 0.15) is 5.75 Å². The molecule has 0 radical (unpaired) electrons. The van der Waals surface area contributed by atoms with Crippen LogP contribution in [-0.4, -0.2) is 10.9 Å². The van der Waals surface area contributed by atoms with Gasteiger partial charge in [0.2, 0.25) is 0 Å². The highest BCUT2D eigenvalue weighted by Crippen LogP contribution is 2.33. The third-order valence-electron chi connectivity index (χ3n) is 3.27. The summed E-state index contributed by atoms with van der Waals surface area (Å²) in [4.78, 5) is 11.6. The van der Waals surface area contributed by atoms with Gasteiger partial charge in [0.25, 0.3) is 0 Å². The molecule has 1 aliphatic carbocycles.